The summed E-state index contributed by atoms with van der Waals surface area (Å²) in [4.78, 5) is 2.24. The number of aromatic nitrogens is 2. The quantitative estimate of drug-likeness (QED) is 0.728. The Morgan fingerprint density at radius 3 is 2.53 bits per heavy atom. The van der Waals surface area contributed by atoms with E-state index in [1.54, 1.807) is 0 Å². The van der Waals surface area contributed by atoms with Crippen LogP contribution in [0.2, 0.25) is 0 Å². The Hall–Kier alpha value is -1.76. The van der Waals surface area contributed by atoms with Gasteiger partial charge in [-0.15, -0.1) is 0 Å². The van der Waals surface area contributed by atoms with Gasteiger partial charge in [-0.3, -0.25) is 4.68 Å². The Labute approximate surface area is 115 Å². The minimum atomic E-state index is 0.243. The minimum Gasteiger partial charge on any atom is -0.352 e. The third kappa shape index (κ3) is 2.51. The zero-order chi connectivity index (χ0) is 14.2. The third-order valence-electron chi connectivity index (χ3n) is 3.78. The summed E-state index contributed by atoms with van der Waals surface area (Å²) in [7, 11) is 1.91. The molecule has 0 N–H and O–H groups in total. The summed E-state index contributed by atoms with van der Waals surface area (Å²) in [6.45, 7) is 10.5. The van der Waals surface area contributed by atoms with Gasteiger partial charge in [-0.25, -0.2) is 0 Å². The first-order valence-electron chi connectivity index (χ1n) is 6.72. The molecule has 2 rings (SSSR count). The largest absolute Gasteiger partial charge is 0.352 e. The lowest BCUT2D eigenvalue weighted by Crippen LogP contribution is -2.33. The molecule has 0 bridgehead atoms. The topological polar surface area (TPSA) is 44.9 Å². The van der Waals surface area contributed by atoms with E-state index in [-0.39, 0.29) is 5.41 Å². The Morgan fingerprint density at radius 2 is 2.05 bits per heavy atom. The van der Waals surface area contributed by atoms with Crippen LogP contribution in [0.1, 0.15) is 38.4 Å². The number of hydrogen-bond acceptors (Lipinski definition) is 3. The molecular weight excluding hydrogens is 236 g/mol. The molecule has 1 aromatic rings. The van der Waals surface area contributed by atoms with Crippen molar-refractivity contribution in [3.63, 3.8) is 0 Å². The van der Waals surface area contributed by atoms with Gasteiger partial charge in [-0.1, -0.05) is 32.4 Å². The van der Waals surface area contributed by atoms with Gasteiger partial charge in [0.05, 0.1) is 5.69 Å². The second kappa shape index (κ2) is 4.73. The van der Waals surface area contributed by atoms with Gasteiger partial charge < -0.3 is 4.90 Å². The monoisotopic (exact) mass is 258 g/mol. The van der Waals surface area contributed by atoms with Crippen LogP contribution in [-0.2, 0) is 7.05 Å². The van der Waals surface area contributed by atoms with Crippen molar-refractivity contribution in [3.8, 4) is 6.07 Å². The van der Waals surface area contributed by atoms with Crippen molar-refractivity contribution >= 4 is 5.82 Å². The molecular formula is C15H22N4. The standard InChI is InChI=1S/C15H22N4/c1-11-13(10-16)14(18(5)17-11)19-8-6-12(7-9-19)15(2,3)4/h6H,7-9H2,1-5H3. The van der Waals surface area contributed by atoms with E-state index in [1.807, 2.05) is 18.7 Å². The molecule has 2 heterocycles. The summed E-state index contributed by atoms with van der Waals surface area (Å²) < 4.78 is 1.82. The van der Waals surface area contributed by atoms with E-state index in [9.17, 15) is 5.26 Å². The van der Waals surface area contributed by atoms with Gasteiger partial charge in [0.15, 0.2) is 0 Å². The molecule has 1 aliphatic heterocycles. The van der Waals surface area contributed by atoms with Gasteiger partial charge in [0.25, 0.3) is 0 Å². The summed E-state index contributed by atoms with van der Waals surface area (Å²) in [5.74, 6) is 0.948. The summed E-state index contributed by atoms with van der Waals surface area (Å²) in [6.07, 6.45) is 3.35. The fraction of sp³-hybridized carbons (Fsp3) is 0.600. The molecule has 1 aliphatic rings. The van der Waals surface area contributed by atoms with E-state index in [4.69, 9.17) is 0 Å². The van der Waals surface area contributed by atoms with Crippen LogP contribution in [0.15, 0.2) is 11.6 Å². The highest BCUT2D eigenvalue weighted by molar-refractivity contribution is 5.58. The predicted octanol–water partition coefficient (Wildman–Crippen LogP) is 2.78. The minimum absolute atomic E-state index is 0.243. The van der Waals surface area contributed by atoms with E-state index in [0.717, 1.165) is 31.0 Å². The van der Waals surface area contributed by atoms with Crippen molar-refractivity contribution in [2.45, 2.75) is 34.1 Å². The van der Waals surface area contributed by atoms with E-state index in [0.29, 0.717) is 5.56 Å². The van der Waals surface area contributed by atoms with E-state index in [2.05, 4.69) is 42.9 Å². The molecule has 1 aromatic heterocycles. The highest BCUT2D eigenvalue weighted by Crippen LogP contribution is 2.32. The van der Waals surface area contributed by atoms with Crippen LogP contribution in [0, 0.1) is 23.7 Å². The maximum absolute atomic E-state index is 9.28. The van der Waals surface area contributed by atoms with Gasteiger partial charge in [0.1, 0.15) is 17.5 Å². The van der Waals surface area contributed by atoms with Crippen LogP contribution < -0.4 is 4.90 Å². The zero-order valence-electron chi connectivity index (χ0n) is 12.5. The molecule has 0 atom stereocenters. The first kappa shape index (κ1) is 13.7. The molecule has 0 aromatic carbocycles. The van der Waals surface area contributed by atoms with Gasteiger partial charge in [0, 0.05) is 20.1 Å². The molecule has 0 radical (unpaired) electrons. The zero-order valence-corrected chi connectivity index (χ0v) is 12.5. The number of aryl methyl sites for hydroxylation is 2. The van der Waals surface area contributed by atoms with Crippen LogP contribution in [0.5, 0.6) is 0 Å². The highest BCUT2D eigenvalue weighted by Gasteiger charge is 2.25. The fourth-order valence-electron chi connectivity index (χ4n) is 2.68. The average molecular weight is 258 g/mol. The van der Waals surface area contributed by atoms with Crippen LogP contribution >= 0.6 is 0 Å². The number of rotatable bonds is 1. The first-order valence-corrected chi connectivity index (χ1v) is 6.72. The summed E-state index contributed by atoms with van der Waals surface area (Å²) in [6, 6.07) is 2.28. The maximum Gasteiger partial charge on any atom is 0.145 e. The molecule has 102 valence electrons. The van der Waals surface area contributed by atoms with Crippen molar-refractivity contribution < 1.29 is 0 Å². The molecule has 0 saturated heterocycles. The predicted molar refractivity (Wildman–Crippen MR) is 77.0 cm³/mol. The van der Waals surface area contributed by atoms with Crippen molar-refractivity contribution in [1.82, 2.24) is 9.78 Å². The Bertz CT molecular complexity index is 552. The normalized spacial score (nSPS) is 16.2. The first-order chi connectivity index (χ1) is 8.84. The number of nitrogens with zero attached hydrogens (tertiary/aromatic N) is 4. The smallest absolute Gasteiger partial charge is 0.145 e. The highest BCUT2D eigenvalue weighted by atomic mass is 15.4. The lowest BCUT2D eigenvalue weighted by atomic mass is 9.83. The summed E-state index contributed by atoms with van der Waals surface area (Å²) in [5.41, 5.74) is 3.26. The van der Waals surface area contributed by atoms with E-state index >= 15 is 0 Å². The van der Waals surface area contributed by atoms with Crippen molar-refractivity contribution in [1.29, 1.82) is 5.26 Å². The van der Waals surface area contributed by atoms with Crippen LogP contribution in [0.4, 0.5) is 5.82 Å². The number of anilines is 1. The molecule has 0 amide bonds. The van der Waals surface area contributed by atoms with Gasteiger partial charge in [-0.2, -0.15) is 10.4 Å². The number of nitriles is 1. The molecule has 0 aliphatic carbocycles. The van der Waals surface area contributed by atoms with Crippen LogP contribution in [0.3, 0.4) is 0 Å². The lowest BCUT2D eigenvalue weighted by Gasteiger charge is -2.33. The molecule has 0 unspecified atom stereocenters. The SMILES string of the molecule is Cc1nn(C)c(N2CC=C(C(C)(C)C)CC2)c1C#N. The Morgan fingerprint density at radius 1 is 1.37 bits per heavy atom. The van der Waals surface area contributed by atoms with Gasteiger partial charge >= 0.3 is 0 Å². The Balaban J connectivity index is 2.28. The van der Waals surface area contributed by atoms with E-state index in [1.165, 1.54) is 5.57 Å². The van der Waals surface area contributed by atoms with Crippen molar-refractivity contribution in [2.75, 3.05) is 18.0 Å². The maximum atomic E-state index is 9.28. The van der Waals surface area contributed by atoms with E-state index < -0.39 is 0 Å². The lowest BCUT2D eigenvalue weighted by molar-refractivity contribution is 0.471. The third-order valence-corrected chi connectivity index (χ3v) is 3.78. The number of hydrogen-bond donors (Lipinski definition) is 0. The average Bonchev–Trinajstić information content (AvgIpc) is 2.62. The van der Waals surface area contributed by atoms with Crippen molar-refractivity contribution in [2.24, 2.45) is 12.5 Å². The van der Waals surface area contributed by atoms with Crippen LogP contribution in [-0.4, -0.2) is 22.9 Å². The molecule has 19 heavy (non-hydrogen) atoms. The van der Waals surface area contributed by atoms with Gasteiger partial charge in [0.2, 0.25) is 0 Å². The summed E-state index contributed by atoms with van der Waals surface area (Å²) >= 11 is 0. The Kier molecular flexibility index (Phi) is 3.40. The van der Waals surface area contributed by atoms with Gasteiger partial charge in [-0.05, 0) is 18.8 Å². The molecule has 4 nitrogen and oxygen atoms in total. The molecule has 4 heteroatoms. The van der Waals surface area contributed by atoms with Crippen molar-refractivity contribution in [3.05, 3.63) is 22.9 Å². The summed E-state index contributed by atoms with van der Waals surface area (Å²) in [5, 5.41) is 13.6. The molecule has 0 spiro atoms. The second-order valence-electron chi connectivity index (χ2n) is 6.19. The van der Waals surface area contributed by atoms with Crippen LogP contribution in [0.25, 0.3) is 0 Å². The second-order valence-corrected chi connectivity index (χ2v) is 6.19. The molecule has 0 fully saturated rings. The molecule has 0 saturated carbocycles. The fourth-order valence-corrected chi connectivity index (χ4v) is 2.68.